The molecule has 0 N–H and O–H groups in total. The van der Waals surface area contributed by atoms with Crippen LogP contribution < -0.4 is 0 Å². The van der Waals surface area contributed by atoms with E-state index >= 15 is 0 Å². The minimum absolute atomic E-state index is 0.0827. The zero-order valence-electron chi connectivity index (χ0n) is 8.37. The van der Waals surface area contributed by atoms with Crippen LogP contribution in [0.3, 0.4) is 0 Å². The van der Waals surface area contributed by atoms with Gasteiger partial charge in [0.1, 0.15) is 0 Å². The summed E-state index contributed by atoms with van der Waals surface area (Å²) >= 11 is 5.96. The fourth-order valence-corrected chi connectivity index (χ4v) is 1.60. The molecule has 0 spiro atoms. The molecule has 0 heterocycles. The Morgan fingerprint density at radius 2 is 1.93 bits per heavy atom. The predicted octanol–water partition coefficient (Wildman–Crippen LogP) is 3.55. The second-order valence-electron chi connectivity index (χ2n) is 4.17. The fraction of sp³-hybridized carbons (Fsp3) is 0.400. The Hall–Kier alpha value is -1.09. The van der Waals surface area contributed by atoms with Crippen LogP contribution in [-0.4, -0.2) is 4.92 Å². The normalized spacial score (nSPS) is 11.4. The van der Waals surface area contributed by atoms with E-state index in [0.29, 0.717) is 5.02 Å². The lowest BCUT2D eigenvalue weighted by Gasteiger charge is -2.19. The number of benzene rings is 1. The standard InChI is InChI=1S/C10H12ClNO2/c1-10(2,3)8-6-7(12(13)14)4-5-9(8)11/h4-6H,1-3H3. The van der Waals surface area contributed by atoms with Crippen LogP contribution in [0.15, 0.2) is 18.2 Å². The number of nitro groups is 1. The molecule has 0 saturated carbocycles. The van der Waals surface area contributed by atoms with Crippen LogP contribution in [0.2, 0.25) is 5.02 Å². The molecule has 0 aliphatic rings. The average molecular weight is 214 g/mol. The van der Waals surface area contributed by atoms with Crippen molar-refractivity contribution >= 4 is 17.3 Å². The van der Waals surface area contributed by atoms with Gasteiger partial charge in [0.15, 0.2) is 0 Å². The Kier molecular flexibility index (Phi) is 2.81. The van der Waals surface area contributed by atoms with Gasteiger partial charge in [0.2, 0.25) is 0 Å². The third-order valence-electron chi connectivity index (χ3n) is 1.97. The Balaban J connectivity index is 3.29. The molecule has 0 saturated heterocycles. The molecular formula is C10H12ClNO2. The van der Waals surface area contributed by atoms with Crippen molar-refractivity contribution in [1.82, 2.24) is 0 Å². The number of nitro benzene ring substituents is 1. The molecule has 76 valence electrons. The number of hydrogen-bond acceptors (Lipinski definition) is 2. The van der Waals surface area contributed by atoms with Crippen LogP contribution in [0.1, 0.15) is 26.3 Å². The van der Waals surface area contributed by atoms with Crippen molar-refractivity contribution in [2.75, 3.05) is 0 Å². The second kappa shape index (κ2) is 3.58. The predicted molar refractivity (Wildman–Crippen MR) is 56.8 cm³/mol. The molecule has 0 fully saturated rings. The van der Waals surface area contributed by atoms with Gasteiger partial charge in [0, 0.05) is 17.2 Å². The van der Waals surface area contributed by atoms with Crippen LogP contribution in [0.5, 0.6) is 0 Å². The van der Waals surface area contributed by atoms with E-state index in [0.717, 1.165) is 5.56 Å². The van der Waals surface area contributed by atoms with Crippen molar-refractivity contribution in [2.45, 2.75) is 26.2 Å². The Bertz CT molecular complexity index is 369. The van der Waals surface area contributed by atoms with Crippen molar-refractivity contribution < 1.29 is 4.92 Å². The molecule has 0 aliphatic heterocycles. The van der Waals surface area contributed by atoms with Crippen LogP contribution >= 0.6 is 11.6 Å². The first-order valence-corrected chi connectivity index (χ1v) is 4.64. The molecule has 0 aromatic heterocycles. The SMILES string of the molecule is CC(C)(C)c1cc([N+](=O)[O-])ccc1Cl. The van der Waals surface area contributed by atoms with E-state index in [2.05, 4.69) is 0 Å². The molecule has 1 aromatic rings. The molecule has 0 amide bonds. The van der Waals surface area contributed by atoms with Gasteiger partial charge in [-0.15, -0.1) is 0 Å². The highest BCUT2D eigenvalue weighted by molar-refractivity contribution is 6.31. The molecule has 3 nitrogen and oxygen atoms in total. The summed E-state index contributed by atoms with van der Waals surface area (Å²) in [5.74, 6) is 0. The van der Waals surface area contributed by atoms with Gasteiger partial charge >= 0.3 is 0 Å². The van der Waals surface area contributed by atoms with E-state index in [9.17, 15) is 10.1 Å². The summed E-state index contributed by atoms with van der Waals surface area (Å²) in [6, 6.07) is 4.51. The second-order valence-corrected chi connectivity index (χ2v) is 4.58. The molecular weight excluding hydrogens is 202 g/mol. The van der Waals surface area contributed by atoms with Gasteiger partial charge in [-0.25, -0.2) is 0 Å². The van der Waals surface area contributed by atoms with Crippen molar-refractivity contribution in [3.8, 4) is 0 Å². The summed E-state index contributed by atoms with van der Waals surface area (Å²) in [5.41, 5.74) is 0.705. The van der Waals surface area contributed by atoms with E-state index in [4.69, 9.17) is 11.6 Å². The van der Waals surface area contributed by atoms with E-state index < -0.39 is 4.92 Å². The number of hydrogen-bond donors (Lipinski definition) is 0. The minimum atomic E-state index is -0.411. The molecule has 0 atom stereocenters. The number of rotatable bonds is 1. The fourth-order valence-electron chi connectivity index (χ4n) is 1.20. The smallest absolute Gasteiger partial charge is 0.258 e. The van der Waals surface area contributed by atoms with Gasteiger partial charge in [-0.3, -0.25) is 10.1 Å². The highest BCUT2D eigenvalue weighted by atomic mass is 35.5. The van der Waals surface area contributed by atoms with Crippen molar-refractivity contribution in [3.05, 3.63) is 38.9 Å². The van der Waals surface area contributed by atoms with Gasteiger partial charge in [-0.05, 0) is 17.0 Å². The maximum Gasteiger partial charge on any atom is 0.269 e. The molecule has 1 aromatic carbocycles. The summed E-state index contributed by atoms with van der Waals surface area (Å²) in [6.07, 6.45) is 0. The largest absolute Gasteiger partial charge is 0.269 e. The quantitative estimate of drug-likeness (QED) is 0.529. The third kappa shape index (κ3) is 2.23. The Morgan fingerprint density at radius 3 is 2.36 bits per heavy atom. The van der Waals surface area contributed by atoms with Crippen molar-refractivity contribution in [1.29, 1.82) is 0 Å². The molecule has 1 rings (SSSR count). The summed E-state index contributed by atoms with van der Waals surface area (Å²) in [4.78, 5) is 10.1. The molecule has 0 aliphatic carbocycles. The first-order valence-electron chi connectivity index (χ1n) is 4.27. The van der Waals surface area contributed by atoms with Crippen molar-refractivity contribution in [3.63, 3.8) is 0 Å². The van der Waals surface area contributed by atoms with Crippen LogP contribution in [0, 0.1) is 10.1 Å². The lowest BCUT2D eigenvalue weighted by Crippen LogP contribution is -2.12. The molecule has 14 heavy (non-hydrogen) atoms. The Morgan fingerprint density at radius 1 is 1.36 bits per heavy atom. The molecule has 4 heteroatoms. The highest BCUT2D eigenvalue weighted by Gasteiger charge is 2.20. The third-order valence-corrected chi connectivity index (χ3v) is 2.30. The minimum Gasteiger partial charge on any atom is -0.258 e. The lowest BCUT2D eigenvalue weighted by atomic mass is 9.87. The van der Waals surface area contributed by atoms with Gasteiger partial charge in [0.25, 0.3) is 5.69 Å². The van der Waals surface area contributed by atoms with E-state index in [1.54, 1.807) is 6.07 Å². The Labute approximate surface area is 87.8 Å². The summed E-state index contributed by atoms with van der Waals surface area (Å²) < 4.78 is 0. The number of non-ortho nitro benzene ring substituents is 1. The average Bonchev–Trinajstić information content (AvgIpc) is 2.02. The first-order chi connectivity index (χ1) is 6.32. The zero-order valence-corrected chi connectivity index (χ0v) is 9.13. The summed E-state index contributed by atoms with van der Waals surface area (Å²) in [6.45, 7) is 5.91. The van der Waals surface area contributed by atoms with E-state index in [1.165, 1.54) is 12.1 Å². The zero-order chi connectivity index (χ0) is 10.9. The monoisotopic (exact) mass is 213 g/mol. The van der Waals surface area contributed by atoms with Crippen LogP contribution in [0.4, 0.5) is 5.69 Å². The van der Waals surface area contributed by atoms with Gasteiger partial charge in [0.05, 0.1) is 4.92 Å². The van der Waals surface area contributed by atoms with Gasteiger partial charge < -0.3 is 0 Å². The molecule has 0 radical (unpaired) electrons. The van der Waals surface area contributed by atoms with Gasteiger partial charge in [-0.1, -0.05) is 32.4 Å². The molecule has 0 unspecified atom stereocenters. The first kappa shape index (κ1) is 11.0. The summed E-state index contributed by atoms with van der Waals surface area (Å²) in [7, 11) is 0. The van der Waals surface area contributed by atoms with E-state index in [1.807, 2.05) is 20.8 Å². The van der Waals surface area contributed by atoms with Gasteiger partial charge in [-0.2, -0.15) is 0 Å². The maximum absolute atomic E-state index is 10.6. The maximum atomic E-state index is 10.6. The molecule has 0 bridgehead atoms. The van der Waals surface area contributed by atoms with E-state index in [-0.39, 0.29) is 11.1 Å². The highest BCUT2D eigenvalue weighted by Crippen LogP contribution is 2.32. The van der Waals surface area contributed by atoms with Crippen LogP contribution in [0.25, 0.3) is 0 Å². The number of halogens is 1. The number of nitrogens with zero attached hydrogens (tertiary/aromatic N) is 1. The lowest BCUT2D eigenvalue weighted by molar-refractivity contribution is -0.385. The van der Waals surface area contributed by atoms with Crippen LogP contribution in [-0.2, 0) is 5.41 Å². The topological polar surface area (TPSA) is 43.1 Å². The summed E-state index contributed by atoms with van der Waals surface area (Å²) in [5, 5.41) is 11.1. The van der Waals surface area contributed by atoms with Crippen molar-refractivity contribution in [2.24, 2.45) is 0 Å².